The van der Waals surface area contributed by atoms with E-state index in [0.717, 1.165) is 18.0 Å². The van der Waals surface area contributed by atoms with Crippen LogP contribution in [0.4, 0.5) is 0 Å². The summed E-state index contributed by atoms with van der Waals surface area (Å²) in [6.07, 6.45) is 5.47. The lowest BCUT2D eigenvalue weighted by molar-refractivity contribution is -0.713. The van der Waals surface area contributed by atoms with Crippen LogP contribution in [0, 0.1) is 0 Å². The molecule has 1 heterocycles. The number of rotatable bonds is 4. The third kappa shape index (κ3) is 2.85. The zero-order chi connectivity index (χ0) is 13.1. The normalized spacial score (nSPS) is 25.5. The highest BCUT2D eigenvalue weighted by Gasteiger charge is 2.27. The first-order valence-corrected chi connectivity index (χ1v) is 7.11. The first-order chi connectivity index (χ1) is 9.36. The van der Waals surface area contributed by atoms with Gasteiger partial charge in [0.2, 0.25) is 6.79 Å². The molecule has 104 valence electrons. The van der Waals surface area contributed by atoms with Crippen molar-refractivity contribution < 1.29 is 19.5 Å². The highest BCUT2D eigenvalue weighted by atomic mass is 16.7. The van der Waals surface area contributed by atoms with E-state index in [-0.39, 0.29) is 0 Å². The number of methoxy groups -OCH3 is 1. The fourth-order valence-electron chi connectivity index (χ4n) is 3.04. The largest absolute Gasteiger partial charge is 0.454 e. The van der Waals surface area contributed by atoms with E-state index in [2.05, 4.69) is 17.4 Å². The van der Waals surface area contributed by atoms with Crippen molar-refractivity contribution in [3.8, 4) is 11.5 Å². The molecule has 1 fully saturated rings. The van der Waals surface area contributed by atoms with Gasteiger partial charge in [-0.05, 0) is 31.0 Å². The number of hydrogen-bond acceptors (Lipinski definition) is 3. The van der Waals surface area contributed by atoms with E-state index in [1.807, 2.05) is 13.2 Å². The lowest BCUT2D eigenvalue weighted by Gasteiger charge is -2.28. The number of fused-ring (bicyclic) bond motifs is 1. The highest BCUT2D eigenvalue weighted by Crippen LogP contribution is 2.32. The van der Waals surface area contributed by atoms with Crippen LogP contribution in [0.5, 0.6) is 11.5 Å². The first-order valence-electron chi connectivity index (χ1n) is 7.11. The molecule has 1 saturated carbocycles. The topological polar surface area (TPSA) is 44.3 Å². The third-order valence-corrected chi connectivity index (χ3v) is 4.15. The van der Waals surface area contributed by atoms with Crippen LogP contribution in [0.2, 0.25) is 0 Å². The Morgan fingerprint density at radius 2 is 2.05 bits per heavy atom. The SMILES string of the molecule is CO[C@@H]1CCCC[C@H]1[NH2+]Cc1ccc2c(c1)OCO2. The fourth-order valence-corrected chi connectivity index (χ4v) is 3.04. The molecule has 0 spiro atoms. The molecule has 2 aliphatic rings. The predicted molar refractivity (Wildman–Crippen MR) is 71.2 cm³/mol. The molecular weight excluding hydrogens is 242 g/mol. The van der Waals surface area contributed by atoms with Crippen molar-refractivity contribution in [2.45, 2.75) is 44.4 Å². The average molecular weight is 264 g/mol. The Morgan fingerprint density at radius 3 is 2.95 bits per heavy atom. The van der Waals surface area contributed by atoms with Crippen molar-refractivity contribution in [1.29, 1.82) is 0 Å². The Balaban J connectivity index is 1.59. The van der Waals surface area contributed by atoms with Gasteiger partial charge >= 0.3 is 0 Å². The van der Waals surface area contributed by atoms with Crippen LogP contribution in [0.15, 0.2) is 18.2 Å². The first kappa shape index (κ1) is 12.8. The number of nitrogens with two attached hydrogens (primary N) is 1. The number of quaternary nitrogens is 1. The Hall–Kier alpha value is -1.26. The van der Waals surface area contributed by atoms with E-state index in [0.29, 0.717) is 18.9 Å². The van der Waals surface area contributed by atoms with E-state index in [1.165, 1.54) is 31.2 Å². The predicted octanol–water partition coefficient (Wildman–Crippen LogP) is 1.44. The van der Waals surface area contributed by atoms with Gasteiger partial charge in [-0.3, -0.25) is 0 Å². The van der Waals surface area contributed by atoms with Crippen LogP contribution in [0.1, 0.15) is 31.2 Å². The zero-order valence-electron chi connectivity index (χ0n) is 11.4. The molecule has 2 atom stereocenters. The van der Waals surface area contributed by atoms with Crippen molar-refractivity contribution in [2.75, 3.05) is 13.9 Å². The molecule has 1 aliphatic heterocycles. The molecule has 4 nitrogen and oxygen atoms in total. The van der Waals surface area contributed by atoms with Gasteiger partial charge in [0.25, 0.3) is 0 Å². The molecule has 0 bridgehead atoms. The Bertz CT molecular complexity index is 435. The summed E-state index contributed by atoms with van der Waals surface area (Å²) in [5.41, 5.74) is 1.28. The molecule has 1 aromatic carbocycles. The summed E-state index contributed by atoms with van der Waals surface area (Å²) in [4.78, 5) is 0. The van der Waals surface area contributed by atoms with E-state index in [4.69, 9.17) is 14.2 Å². The van der Waals surface area contributed by atoms with Gasteiger partial charge in [0.15, 0.2) is 11.5 Å². The van der Waals surface area contributed by atoms with Crippen molar-refractivity contribution in [3.63, 3.8) is 0 Å². The summed E-state index contributed by atoms with van der Waals surface area (Å²) in [5.74, 6) is 1.73. The van der Waals surface area contributed by atoms with Crippen LogP contribution < -0.4 is 14.8 Å². The quantitative estimate of drug-likeness (QED) is 0.895. The minimum absolute atomic E-state index is 0.344. The molecular formula is C15H22NO3+. The van der Waals surface area contributed by atoms with Gasteiger partial charge in [-0.15, -0.1) is 0 Å². The van der Waals surface area contributed by atoms with Crippen LogP contribution in [0.25, 0.3) is 0 Å². The summed E-state index contributed by atoms with van der Waals surface area (Å²) < 4.78 is 16.3. The molecule has 3 rings (SSSR count). The molecule has 0 unspecified atom stereocenters. The Labute approximate surface area is 114 Å². The molecule has 4 heteroatoms. The average Bonchev–Trinajstić information content (AvgIpc) is 2.93. The van der Waals surface area contributed by atoms with E-state index >= 15 is 0 Å². The molecule has 1 aliphatic carbocycles. The van der Waals surface area contributed by atoms with Gasteiger partial charge in [-0.25, -0.2) is 0 Å². The molecule has 2 N–H and O–H groups in total. The van der Waals surface area contributed by atoms with E-state index in [1.54, 1.807) is 0 Å². The van der Waals surface area contributed by atoms with Gasteiger partial charge in [0.05, 0.1) is 0 Å². The summed E-state index contributed by atoms with van der Waals surface area (Å²) >= 11 is 0. The molecule has 0 radical (unpaired) electrons. The number of hydrogen-bond donors (Lipinski definition) is 1. The number of benzene rings is 1. The van der Waals surface area contributed by atoms with E-state index in [9.17, 15) is 0 Å². The molecule has 1 aromatic rings. The summed E-state index contributed by atoms with van der Waals surface area (Å²) in [6, 6.07) is 6.79. The minimum Gasteiger partial charge on any atom is -0.454 e. The monoisotopic (exact) mass is 264 g/mol. The minimum atomic E-state index is 0.344. The van der Waals surface area contributed by atoms with Crippen LogP contribution >= 0.6 is 0 Å². The van der Waals surface area contributed by atoms with Crippen molar-refractivity contribution in [3.05, 3.63) is 23.8 Å². The van der Waals surface area contributed by atoms with Crippen molar-refractivity contribution >= 4 is 0 Å². The zero-order valence-corrected chi connectivity index (χ0v) is 11.4. The maximum atomic E-state index is 5.59. The molecule has 0 saturated heterocycles. The third-order valence-electron chi connectivity index (χ3n) is 4.15. The fraction of sp³-hybridized carbons (Fsp3) is 0.600. The Morgan fingerprint density at radius 1 is 1.21 bits per heavy atom. The smallest absolute Gasteiger partial charge is 0.231 e. The van der Waals surface area contributed by atoms with Crippen molar-refractivity contribution in [1.82, 2.24) is 0 Å². The lowest BCUT2D eigenvalue weighted by atomic mass is 9.92. The molecule has 0 amide bonds. The molecule has 19 heavy (non-hydrogen) atoms. The van der Waals surface area contributed by atoms with Crippen LogP contribution in [-0.2, 0) is 11.3 Å². The van der Waals surface area contributed by atoms with Crippen LogP contribution in [-0.4, -0.2) is 26.0 Å². The second-order valence-corrected chi connectivity index (χ2v) is 5.35. The maximum absolute atomic E-state index is 5.59. The van der Waals surface area contributed by atoms with Crippen molar-refractivity contribution in [2.24, 2.45) is 0 Å². The second-order valence-electron chi connectivity index (χ2n) is 5.35. The van der Waals surface area contributed by atoms with Gasteiger partial charge in [0, 0.05) is 19.1 Å². The van der Waals surface area contributed by atoms with Gasteiger partial charge in [-0.2, -0.15) is 0 Å². The highest BCUT2D eigenvalue weighted by molar-refractivity contribution is 5.44. The molecule has 0 aromatic heterocycles. The lowest BCUT2D eigenvalue weighted by Crippen LogP contribution is -2.91. The summed E-state index contributed by atoms with van der Waals surface area (Å²) in [5, 5.41) is 2.41. The number of ether oxygens (including phenoxy) is 3. The summed E-state index contributed by atoms with van der Waals surface area (Å²) in [6.45, 7) is 1.32. The maximum Gasteiger partial charge on any atom is 0.231 e. The van der Waals surface area contributed by atoms with E-state index < -0.39 is 0 Å². The van der Waals surface area contributed by atoms with Gasteiger partial charge < -0.3 is 19.5 Å². The standard InChI is InChI=1S/C15H21NO3/c1-17-13-5-3-2-4-12(13)16-9-11-6-7-14-15(8-11)19-10-18-14/h6-8,12-13,16H,2-5,9-10H2,1H3/p+1/t12-,13-/m1/s1. The Kier molecular flexibility index (Phi) is 3.89. The second kappa shape index (κ2) is 5.80. The van der Waals surface area contributed by atoms with Gasteiger partial charge in [-0.1, -0.05) is 6.42 Å². The van der Waals surface area contributed by atoms with Gasteiger partial charge in [0.1, 0.15) is 18.7 Å². The van der Waals surface area contributed by atoms with Crippen LogP contribution in [0.3, 0.4) is 0 Å². The summed E-state index contributed by atoms with van der Waals surface area (Å²) in [7, 11) is 1.83.